The number of nitro benzene ring substituents is 1. The Hall–Kier alpha value is -6.99. The third-order valence-electron chi connectivity index (χ3n) is 10.6. The van der Waals surface area contributed by atoms with E-state index in [0.717, 1.165) is 63.9 Å². The number of hydrogen-bond acceptors (Lipinski definition) is 9. The SMILES string of the molecule is CCCCc1c2nc(c(-c3ccc(C(=O)OC)cc3)c3ccc([nH]3)c(-c3c(OC)cc(OC)c(Br)c3OC)c3nc(c(-c4cccc([N+](=O)[O-])c4)c4ccc1[nH]4)C=C3)C=C2. The molecule has 0 saturated heterocycles. The molecule has 0 spiro atoms. The van der Waals surface area contributed by atoms with Gasteiger partial charge in [-0.25, -0.2) is 14.8 Å². The van der Waals surface area contributed by atoms with Crippen LogP contribution in [0.4, 0.5) is 5.69 Å². The standard InChI is InChI=1S/C47H40BrN5O7/c1-6-7-11-30-31-16-18-33(49-31)41(26-12-14-27(15-13-26)47(54)60-5)34-20-22-37(51-34)43(44-39(57-2)25-40(58-3)45(48)46(44)59-4)38-23-21-36(52-38)42(35-19-17-32(30)50-35)28-9-8-10-29(24-28)53(55)56/h8-10,12-25,50-51H,6-7,11H2,1-5H3. The molecular formula is C47H40BrN5O7. The molecule has 12 nitrogen and oxygen atoms in total. The number of aryl methyl sites for hydroxylation is 1. The quantitative estimate of drug-likeness (QED) is 0.0734. The molecule has 8 bridgehead atoms. The summed E-state index contributed by atoms with van der Waals surface area (Å²) in [7, 11) is 6.09. The molecule has 6 aromatic rings. The summed E-state index contributed by atoms with van der Waals surface area (Å²) in [5.41, 5.74) is 11.3. The van der Waals surface area contributed by atoms with Gasteiger partial charge in [0.05, 0.1) is 67.3 Å². The second-order valence-corrected chi connectivity index (χ2v) is 14.9. The molecule has 0 atom stereocenters. The van der Waals surface area contributed by atoms with Crippen LogP contribution in [0, 0.1) is 10.1 Å². The summed E-state index contributed by atoms with van der Waals surface area (Å²) >= 11 is 3.71. The van der Waals surface area contributed by atoms with Crippen LogP contribution in [0.1, 0.15) is 58.5 Å². The van der Waals surface area contributed by atoms with Gasteiger partial charge in [0, 0.05) is 62.5 Å². The van der Waals surface area contributed by atoms with Crippen LogP contribution in [0.15, 0.2) is 83.3 Å². The zero-order valence-corrected chi connectivity index (χ0v) is 35.1. The summed E-state index contributed by atoms with van der Waals surface area (Å²) in [5, 5.41) is 12.0. The highest BCUT2D eigenvalue weighted by Crippen LogP contribution is 2.50. The maximum atomic E-state index is 12.5. The third-order valence-corrected chi connectivity index (χ3v) is 11.4. The largest absolute Gasteiger partial charge is 0.496 e. The van der Waals surface area contributed by atoms with E-state index in [9.17, 15) is 14.9 Å². The Morgan fingerprint density at radius 3 is 1.88 bits per heavy atom. The fraction of sp³-hybridized carbons (Fsp3) is 0.170. The topological polar surface area (TPSA) is 154 Å². The molecule has 0 fully saturated rings. The summed E-state index contributed by atoms with van der Waals surface area (Å²) in [6.45, 7) is 2.15. The van der Waals surface area contributed by atoms with Gasteiger partial charge in [-0.1, -0.05) is 37.6 Å². The van der Waals surface area contributed by atoms with E-state index in [4.69, 9.17) is 28.9 Å². The predicted molar refractivity (Wildman–Crippen MR) is 239 cm³/mol. The van der Waals surface area contributed by atoms with Crippen molar-refractivity contribution in [3.63, 3.8) is 0 Å². The number of benzene rings is 3. The van der Waals surface area contributed by atoms with Crippen molar-refractivity contribution < 1.29 is 28.7 Å². The number of esters is 1. The lowest BCUT2D eigenvalue weighted by molar-refractivity contribution is -0.384. The molecule has 2 aliphatic heterocycles. The Labute approximate surface area is 353 Å². The highest BCUT2D eigenvalue weighted by atomic mass is 79.9. The maximum absolute atomic E-state index is 12.5. The van der Waals surface area contributed by atoms with Crippen LogP contribution < -0.4 is 14.2 Å². The second kappa shape index (κ2) is 16.7. The first-order valence-electron chi connectivity index (χ1n) is 19.2. The van der Waals surface area contributed by atoms with Crippen molar-refractivity contribution in [3.8, 4) is 50.6 Å². The molecule has 0 radical (unpaired) electrons. The highest BCUT2D eigenvalue weighted by molar-refractivity contribution is 9.10. The predicted octanol–water partition coefficient (Wildman–Crippen LogP) is 11.5. The minimum Gasteiger partial charge on any atom is -0.496 e. The monoisotopic (exact) mass is 865 g/mol. The number of aromatic amines is 2. The van der Waals surface area contributed by atoms with Crippen LogP contribution in [-0.4, -0.2) is 59.3 Å². The molecule has 3 aromatic carbocycles. The number of unbranched alkanes of at least 4 members (excludes halogenated alkanes) is 1. The lowest BCUT2D eigenvalue weighted by atomic mass is 10.0. The van der Waals surface area contributed by atoms with E-state index in [2.05, 4.69) is 32.8 Å². The number of hydrogen-bond donors (Lipinski definition) is 2. The van der Waals surface area contributed by atoms with Gasteiger partial charge < -0.3 is 28.9 Å². The van der Waals surface area contributed by atoms with E-state index < -0.39 is 10.9 Å². The van der Waals surface area contributed by atoms with Crippen LogP contribution in [0.3, 0.4) is 0 Å². The lowest BCUT2D eigenvalue weighted by Gasteiger charge is -2.18. The van der Waals surface area contributed by atoms with Gasteiger partial charge in [-0.2, -0.15) is 0 Å². The third kappa shape index (κ3) is 7.21. The summed E-state index contributed by atoms with van der Waals surface area (Å²) in [6.07, 6.45) is 10.5. The summed E-state index contributed by atoms with van der Waals surface area (Å²) in [4.78, 5) is 42.1. The number of methoxy groups -OCH3 is 4. The smallest absolute Gasteiger partial charge is 0.337 e. The average molecular weight is 867 g/mol. The summed E-state index contributed by atoms with van der Waals surface area (Å²) in [5.74, 6) is 0.996. The van der Waals surface area contributed by atoms with Gasteiger partial charge in [-0.05, 0) is 101 Å². The Morgan fingerprint density at radius 1 is 0.683 bits per heavy atom. The lowest BCUT2D eigenvalue weighted by Crippen LogP contribution is -2.00. The number of carbonyl (C=O) groups is 1. The number of nitro groups is 1. The number of rotatable bonds is 11. The number of nitrogens with one attached hydrogen (secondary N) is 2. The molecule has 8 rings (SSSR count). The molecule has 0 aliphatic carbocycles. The number of carbonyl (C=O) groups excluding carboxylic acids is 1. The van der Waals surface area contributed by atoms with E-state index >= 15 is 0 Å². The number of ether oxygens (including phenoxy) is 4. The molecule has 60 heavy (non-hydrogen) atoms. The van der Waals surface area contributed by atoms with Gasteiger partial charge in [0.1, 0.15) is 21.7 Å². The highest BCUT2D eigenvalue weighted by Gasteiger charge is 2.26. The van der Waals surface area contributed by atoms with Crippen LogP contribution in [0.25, 0.3) is 79.8 Å². The minimum atomic E-state index is -0.429. The van der Waals surface area contributed by atoms with Gasteiger partial charge in [0.2, 0.25) is 0 Å². The minimum absolute atomic E-state index is 0.0369. The van der Waals surface area contributed by atoms with E-state index in [-0.39, 0.29) is 5.69 Å². The molecule has 3 aromatic heterocycles. The van der Waals surface area contributed by atoms with Gasteiger partial charge in [-0.3, -0.25) is 10.1 Å². The number of fused-ring (bicyclic) bond motifs is 8. The first-order valence-corrected chi connectivity index (χ1v) is 20.0. The summed E-state index contributed by atoms with van der Waals surface area (Å²) in [6, 6.07) is 23.6. The van der Waals surface area contributed by atoms with Crippen molar-refractivity contribution in [2.45, 2.75) is 26.2 Å². The molecular weight excluding hydrogens is 826 g/mol. The Bertz CT molecular complexity index is 2930. The van der Waals surface area contributed by atoms with Crippen molar-refractivity contribution in [1.29, 1.82) is 0 Å². The van der Waals surface area contributed by atoms with Crippen molar-refractivity contribution >= 4 is 74.0 Å². The van der Waals surface area contributed by atoms with Crippen LogP contribution >= 0.6 is 15.9 Å². The van der Waals surface area contributed by atoms with Crippen molar-refractivity contribution in [1.82, 2.24) is 19.9 Å². The maximum Gasteiger partial charge on any atom is 0.337 e. The van der Waals surface area contributed by atoms with Gasteiger partial charge in [-0.15, -0.1) is 0 Å². The molecule has 0 saturated carbocycles. The molecule has 13 heteroatoms. The van der Waals surface area contributed by atoms with Gasteiger partial charge >= 0.3 is 5.97 Å². The number of aromatic nitrogens is 4. The van der Waals surface area contributed by atoms with Crippen LogP contribution in [0.5, 0.6) is 17.2 Å². The normalized spacial score (nSPS) is 11.8. The molecule has 2 aliphatic rings. The van der Waals surface area contributed by atoms with E-state index in [1.807, 2.05) is 66.8 Å². The Kier molecular flexibility index (Phi) is 11.1. The number of nitrogens with zero attached hydrogens (tertiary/aromatic N) is 3. The Balaban J connectivity index is 1.57. The fourth-order valence-corrected chi connectivity index (χ4v) is 8.38. The number of halogens is 1. The van der Waals surface area contributed by atoms with Crippen molar-refractivity contribution in [3.05, 3.63) is 127 Å². The van der Waals surface area contributed by atoms with Gasteiger partial charge in [0.15, 0.2) is 0 Å². The van der Waals surface area contributed by atoms with Crippen molar-refractivity contribution in [2.24, 2.45) is 0 Å². The number of non-ortho nitro benzene ring substituents is 1. The fourth-order valence-electron chi connectivity index (χ4n) is 7.74. The van der Waals surface area contributed by atoms with Crippen molar-refractivity contribution in [2.75, 3.05) is 28.4 Å². The molecule has 302 valence electrons. The zero-order valence-electron chi connectivity index (χ0n) is 33.5. The Morgan fingerprint density at radius 2 is 1.27 bits per heavy atom. The van der Waals surface area contributed by atoms with Crippen LogP contribution in [0.2, 0.25) is 0 Å². The second-order valence-electron chi connectivity index (χ2n) is 14.1. The number of H-pyrrole nitrogens is 2. The zero-order chi connectivity index (χ0) is 42.1. The first-order chi connectivity index (χ1) is 29.2. The first kappa shape index (κ1) is 39.8. The van der Waals surface area contributed by atoms with E-state index in [1.54, 1.807) is 51.7 Å². The van der Waals surface area contributed by atoms with Crippen LogP contribution in [-0.2, 0) is 11.2 Å². The summed E-state index contributed by atoms with van der Waals surface area (Å²) < 4.78 is 23.4. The average Bonchev–Trinajstić information content (AvgIpc) is 4.12. The molecule has 0 amide bonds. The van der Waals surface area contributed by atoms with Gasteiger partial charge in [0.25, 0.3) is 5.69 Å². The molecule has 5 heterocycles. The van der Waals surface area contributed by atoms with E-state index in [0.29, 0.717) is 66.4 Å². The molecule has 2 N–H and O–H groups in total. The molecule has 0 unspecified atom stereocenters. The van der Waals surface area contributed by atoms with E-state index in [1.165, 1.54) is 13.2 Å².